The molecule has 1 aromatic carbocycles. The number of hydrogen-bond acceptors (Lipinski definition) is 6. The smallest absolute Gasteiger partial charge is 0.273 e. The van der Waals surface area contributed by atoms with Gasteiger partial charge in [-0.2, -0.15) is 0 Å². The van der Waals surface area contributed by atoms with E-state index in [0.717, 1.165) is 16.9 Å². The second kappa shape index (κ2) is 9.84. The van der Waals surface area contributed by atoms with Crippen molar-refractivity contribution in [2.75, 3.05) is 7.11 Å². The Balaban J connectivity index is 1.62. The minimum atomic E-state index is -0.273. The Hall–Kier alpha value is -3.19. The van der Waals surface area contributed by atoms with E-state index >= 15 is 0 Å². The lowest BCUT2D eigenvalue weighted by atomic mass is 10.1. The highest BCUT2D eigenvalue weighted by atomic mass is 16.5. The molecule has 0 aliphatic rings. The Morgan fingerprint density at radius 1 is 1.21 bits per heavy atom. The van der Waals surface area contributed by atoms with Crippen LogP contribution in [-0.4, -0.2) is 33.9 Å². The number of nitrogens with one attached hydrogen (secondary N) is 1. The molecule has 3 rings (SSSR count). The first-order valence-electron chi connectivity index (χ1n) is 9.54. The number of rotatable bonds is 9. The standard InChI is InChI=1S/C22H26N4O3/c1-16(2)26(13-18-8-4-5-9-20(18)28-3)14-21-25-19(15-29-21)22(27)24-12-17-7-6-10-23-11-17/h4-11,15-16H,12-14H2,1-3H3,(H,24,27). The van der Waals surface area contributed by atoms with Crippen molar-refractivity contribution in [3.63, 3.8) is 0 Å². The van der Waals surface area contributed by atoms with Crippen molar-refractivity contribution >= 4 is 5.91 Å². The van der Waals surface area contributed by atoms with Crippen LogP contribution in [0.5, 0.6) is 5.75 Å². The Morgan fingerprint density at radius 2 is 2.03 bits per heavy atom. The van der Waals surface area contributed by atoms with Crippen LogP contribution >= 0.6 is 0 Å². The molecule has 152 valence electrons. The largest absolute Gasteiger partial charge is 0.496 e. The number of para-hydroxylation sites is 1. The number of carbonyl (C=O) groups is 1. The Labute approximate surface area is 170 Å². The number of carbonyl (C=O) groups excluding carboxylic acids is 1. The van der Waals surface area contributed by atoms with Crippen molar-refractivity contribution < 1.29 is 13.9 Å². The number of amides is 1. The van der Waals surface area contributed by atoms with Gasteiger partial charge >= 0.3 is 0 Å². The van der Waals surface area contributed by atoms with Crippen LogP contribution in [0.4, 0.5) is 0 Å². The predicted octanol–water partition coefficient (Wildman–Crippen LogP) is 3.42. The molecule has 0 atom stereocenters. The number of oxazole rings is 1. The van der Waals surface area contributed by atoms with Gasteiger partial charge in [0.25, 0.3) is 5.91 Å². The fourth-order valence-electron chi connectivity index (χ4n) is 2.91. The van der Waals surface area contributed by atoms with Gasteiger partial charge in [0.15, 0.2) is 5.69 Å². The van der Waals surface area contributed by atoms with Crippen molar-refractivity contribution in [1.29, 1.82) is 0 Å². The summed E-state index contributed by atoms with van der Waals surface area (Å²) in [7, 11) is 1.67. The number of nitrogens with zero attached hydrogens (tertiary/aromatic N) is 3. The number of aromatic nitrogens is 2. The third-order valence-electron chi connectivity index (χ3n) is 4.59. The van der Waals surface area contributed by atoms with Crippen LogP contribution in [0.3, 0.4) is 0 Å². The van der Waals surface area contributed by atoms with Gasteiger partial charge in [0.2, 0.25) is 5.89 Å². The average molecular weight is 394 g/mol. The topological polar surface area (TPSA) is 80.5 Å². The lowest BCUT2D eigenvalue weighted by molar-refractivity contribution is 0.0945. The molecule has 0 aliphatic heterocycles. The van der Waals surface area contributed by atoms with Crippen molar-refractivity contribution in [3.05, 3.63) is 77.8 Å². The summed E-state index contributed by atoms with van der Waals surface area (Å²) in [5.74, 6) is 1.07. The summed E-state index contributed by atoms with van der Waals surface area (Å²) < 4.78 is 11.0. The van der Waals surface area contributed by atoms with Crippen LogP contribution in [0.15, 0.2) is 59.5 Å². The highest BCUT2D eigenvalue weighted by Gasteiger charge is 2.18. The fourth-order valence-corrected chi connectivity index (χ4v) is 2.91. The molecule has 3 aromatic rings. The van der Waals surface area contributed by atoms with Gasteiger partial charge in [0.05, 0.1) is 13.7 Å². The van der Waals surface area contributed by atoms with Gasteiger partial charge in [-0.3, -0.25) is 14.7 Å². The molecule has 2 heterocycles. The second-order valence-electron chi connectivity index (χ2n) is 6.98. The van der Waals surface area contributed by atoms with Gasteiger partial charge in [0.1, 0.15) is 12.0 Å². The third kappa shape index (κ3) is 5.65. The molecule has 0 bridgehead atoms. The van der Waals surface area contributed by atoms with Crippen molar-refractivity contribution in [3.8, 4) is 5.75 Å². The predicted molar refractivity (Wildman–Crippen MR) is 109 cm³/mol. The normalized spacial score (nSPS) is 11.1. The summed E-state index contributed by atoms with van der Waals surface area (Å²) in [5, 5.41) is 2.83. The van der Waals surface area contributed by atoms with Crippen LogP contribution < -0.4 is 10.1 Å². The van der Waals surface area contributed by atoms with Crippen LogP contribution in [0.2, 0.25) is 0 Å². The molecule has 0 radical (unpaired) electrons. The summed E-state index contributed by atoms with van der Waals surface area (Å²) in [5.41, 5.74) is 2.28. The maximum absolute atomic E-state index is 12.3. The summed E-state index contributed by atoms with van der Waals surface area (Å²) in [6.07, 6.45) is 4.81. The SMILES string of the molecule is COc1ccccc1CN(Cc1nc(C(=O)NCc2cccnc2)co1)C(C)C. The maximum Gasteiger partial charge on any atom is 0.273 e. The third-order valence-corrected chi connectivity index (χ3v) is 4.59. The Bertz CT molecular complexity index is 925. The van der Waals surface area contributed by atoms with Crippen molar-refractivity contribution in [2.24, 2.45) is 0 Å². The van der Waals surface area contributed by atoms with Crippen LogP contribution in [0.25, 0.3) is 0 Å². The lowest BCUT2D eigenvalue weighted by Crippen LogP contribution is -2.30. The van der Waals surface area contributed by atoms with E-state index in [9.17, 15) is 4.79 Å². The molecule has 7 nitrogen and oxygen atoms in total. The summed E-state index contributed by atoms with van der Waals surface area (Å²) in [4.78, 5) is 22.9. The van der Waals surface area contributed by atoms with E-state index in [1.807, 2.05) is 36.4 Å². The van der Waals surface area contributed by atoms with Gasteiger partial charge in [-0.05, 0) is 31.5 Å². The van der Waals surface area contributed by atoms with Crippen LogP contribution in [0, 0.1) is 0 Å². The Kier molecular flexibility index (Phi) is 6.97. The lowest BCUT2D eigenvalue weighted by Gasteiger charge is -2.25. The van der Waals surface area contributed by atoms with Gasteiger partial charge in [-0.1, -0.05) is 24.3 Å². The second-order valence-corrected chi connectivity index (χ2v) is 6.98. The molecule has 0 aliphatic carbocycles. The number of methoxy groups -OCH3 is 1. The molecular formula is C22H26N4O3. The molecule has 0 spiro atoms. The average Bonchev–Trinajstić information content (AvgIpc) is 3.21. The zero-order valence-corrected chi connectivity index (χ0v) is 17.0. The summed E-state index contributed by atoms with van der Waals surface area (Å²) in [6.45, 7) is 5.79. The fraction of sp³-hybridized carbons (Fsp3) is 0.318. The number of hydrogen-bond donors (Lipinski definition) is 1. The van der Waals surface area contributed by atoms with Crippen molar-refractivity contribution in [1.82, 2.24) is 20.2 Å². The molecule has 0 saturated carbocycles. The zero-order valence-electron chi connectivity index (χ0n) is 17.0. The van der Waals surface area contributed by atoms with Crippen molar-refractivity contribution in [2.45, 2.75) is 39.5 Å². The molecule has 1 N–H and O–H groups in total. The van der Waals surface area contributed by atoms with E-state index in [2.05, 4.69) is 34.0 Å². The highest BCUT2D eigenvalue weighted by Crippen LogP contribution is 2.21. The minimum Gasteiger partial charge on any atom is -0.496 e. The minimum absolute atomic E-state index is 0.259. The first-order valence-corrected chi connectivity index (χ1v) is 9.54. The van der Waals surface area contributed by atoms with Gasteiger partial charge in [-0.25, -0.2) is 4.98 Å². The molecule has 0 saturated heterocycles. The zero-order chi connectivity index (χ0) is 20.6. The molecule has 2 aromatic heterocycles. The Morgan fingerprint density at radius 3 is 2.76 bits per heavy atom. The van der Waals surface area contributed by atoms with Gasteiger partial charge in [0, 0.05) is 37.1 Å². The van der Waals surface area contributed by atoms with E-state index in [0.29, 0.717) is 25.5 Å². The van der Waals surface area contributed by atoms with Crippen LogP contribution in [0.1, 0.15) is 41.4 Å². The first kappa shape index (κ1) is 20.5. The molecule has 1 amide bonds. The van der Waals surface area contributed by atoms with Gasteiger partial charge < -0.3 is 14.5 Å². The number of pyridine rings is 1. The molecule has 29 heavy (non-hydrogen) atoms. The molecule has 0 fully saturated rings. The van der Waals surface area contributed by atoms with Crippen LogP contribution in [-0.2, 0) is 19.6 Å². The van der Waals surface area contributed by atoms with E-state index in [4.69, 9.17) is 9.15 Å². The summed E-state index contributed by atoms with van der Waals surface area (Å²) in [6, 6.07) is 11.9. The van der Waals surface area contributed by atoms with E-state index in [-0.39, 0.29) is 17.6 Å². The van der Waals surface area contributed by atoms with E-state index in [1.54, 1.807) is 19.5 Å². The molecular weight excluding hydrogens is 368 g/mol. The van der Waals surface area contributed by atoms with E-state index in [1.165, 1.54) is 6.26 Å². The quantitative estimate of drug-likeness (QED) is 0.599. The first-order chi connectivity index (χ1) is 14.1. The monoisotopic (exact) mass is 394 g/mol. The van der Waals surface area contributed by atoms with E-state index < -0.39 is 0 Å². The number of ether oxygens (including phenoxy) is 1. The number of benzene rings is 1. The summed E-state index contributed by atoms with van der Waals surface area (Å²) >= 11 is 0. The highest BCUT2D eigenvalue weighted by molar-refractivity contribution is 5.91. The van der Waals surface area contributed by atoms with Gasteiger partial charge in [-0.15, -0.1) is 0 Å². The molecule has 7 heteroatoms. The molecule has 0 unspecified atom stereocenters. The maximum atomic E-state index is 12.3.